The third-order valence-corrected chi connectivity index (χ3v) is 3.05. The third kappa shape index (κ3) is 1.60. The molecular formula is C13H10N6. The molecule has 6 nitrogen and oxygen atoms in total. The molecule has 0 saturated heterocycles. The SMILES string of the molecule is Cc1c(C#N)c(N)nc2cccc(-n3ccnn3)c12. The van der Waals surface area contributed by atoms with Gasteiger partial charge in [-0.1, -0.05) is 11.3 Å². The van der Waals surface area contributed by atoms with Gasteiger partial charge in [0, 0.05) is 5.39 Å². The number of pyridine rings is 1. The van der Waals surface area contributed by atoms with Crippen LogP contribution in [0, 0.1) is 18.3 Å². The van der Waals surface area contributed by atoms with Crippen LogP contribution in [0.25, 0.3) is 16.6 Å². The molecule has 0 aliphatic carbocycles. The van der Waals surface area contributed by atoms with Gasteiger partial charge >= 0.3 is 0 Å². The minimum Gasteiger partial charge on any atom is -0.383 e. The van der Waals surface area contributed by atoms with Gasteiger partial charge in [-0.15, -0.1) is 5.10 Å². The van der Waals surface area contributed by atoms with Gasteiger partial charge in [-0.3, -0.25) is 0 Å². The van der Waals surface area contributed by atoms with E-state index in [4.69, 9.17) is 5.73 Å². The lowest BCUT2D eigenvalue weighted by Crippen LogP contribution is -2.03. The summed E-state index contributed by atoms with van der Waals surface area (Å²) in [7, 11) is 0. The van der Waals surface area contributed by atoms with E-state index in [1.165, 1.54) is 0 Å². The molecule has 0 spiro atoms. The zero-order chi connectivity index (χ0) is 13.4. The Balaban J connectivity index is 2.46. The van der Waals surface area contributed by atoms with E-state index < -0.39 is 0 Å². The molecule has 2 aromatic heterocycles. The molecule has 19 heavy (non-hydrogen) atoms. The van der Waals surface area contributed by atoms with Gasteiger partial charge in [-0.05, 0) is 24.6 Å². The second-order valence-electron chi connectivity index (χ2n) is 4.13. The van der Waals surface area contributed by atoms with Crippen LogP contribution < -0.4 is 5.73 Å². The predicted octanol–water partition coefficient (Wildman–Crippen LogP) is 1.58. The maximum Gasteiger partial charge on any atom is 0.142 e. The quantitative estimate of drug-likeness (QED) is 0.707. The summed E-state index contributed by atoms with van der Waals surface area (Å²) in [6.45, 7) is 1.86. The first kappa shape index (κ1) is 11.2. The average molecular weight is 250 g/mol. The molecule has 2 heterocycles. The lowest BCUT2D eigenvalue weighted by atomic mass is 10.0. The number of anilines is 1. The minimum absolute atomic E-state index is 0.253. The van der Waals surface area contributed by atoms with Crippen molar-refractivity contribution in [1.29, 1.82) is 5.26 Å². The molecule has 0 radical (unpaired) electrons. The minimum atomic E-state index is 0.253. The average Bonchev–Trinajstić information content (AvgIpc) is 2.92. The molecule has 3 aromatic rings. The molecule has 0 aliphatic heterocycles. The molecule has 92 valence electrons. The van der Waals surface area contributed by atoms with Gasteiger partial charge in [0.15, 0.2) is 0 Å². The van der Waals surface area contributed by atoms with Crippen LogP contribution in [-0.2, 0) is 0 Å². The second kappa shape index (κ2) is 4.07. The van der Waals surface area contributed by atoms with Crippen molar-refractivity contribution in [2.45, 2.75) is 6.92 Å². The monoisotopic (exact) mass is 250 g/mol. The zero-order valence-electron chi connectivity index (χ0n) is 10.2. The van der Waals surface area contributed by atoms with Crippen LogP contribution >= 0.6 is 0 Å². The highest BCUT2D eigenvalue weighted by molar-refractivity contribution is 5.93. The Morgan fingerprint density at radius 2 is 2.21 bits per heavy atom. The van der Waals surface area contributed by atoms with Crippen LogP contribution in [0.15, 0.2) is 30.6 Å². The lowest BCUT2D eigenvalue weighted by Gasteiger charge is -2.10. The number of fused-ring (bicyclic) bond motifs is 1. The van der Waals surface area contributed by atoms with Crippen molar-refractivity contribution >= 4 is 16.7 Å². The number of nitrogens with zero attached hydrogens (tertiary/aromatic N) is 5. The summed E-state index contributed by atoms with van der Waals surface area (Å²) in [6.07, 6.45) is 3.35. The third-order valence-electron chi connectivity index (χ3n) is 3.05. The molecule has 6 heteroatoms. The van der Waals surface area contributed by atoms with E-state index in [2.05, 4.69) is 21.4 Å². The van der Waals surface area contributed by atoms with Gasteiger partial charge in [0.2, 0.25) is 0 Å². The van der Waals surface area contributed by atoms with Crippen LogP contribution in [0.5, 0.6) is 0 Å². The van der Waals surface area contributed by atoms with E-state index in [9.17, 15) is 5.26 Å². The molecule has 1 aromatic carbocycles. The highest BCUT2D eigenvalue weighted by Crippen LogP contribution is 2.28. The van der Waals surface area contributed by atoms with Crippen molar-refractivity contribution in [2.24, 2.45) is 0 Å². The Hall–Kier alpha value is -2.94. The van der Waals surface area contributed by atoms with Crippen molar-refractivity contribution in [3.8, 4) is 11.8 Å². The van der Waals surface area contributed by atoms with Crippen LogP contribution in [0.3, 0.4) is 0 Å². The summed E-state index contributed by atoms with van der Waals surface area (Å²) in [5.41, 5.74) is 8.57. The van der Waals surface area contributed by atoms with Crippen LogP contribution in [0.4, 0.5) is 5.82 Å². The molecule has 0 amide bonds. The highest BCUT2D eigenvalue weighted by Gasteiger charge is 2.13. The van der Waals surface area contributed by atoms with Gasteiger partial charge in [0.1, 0.15) is 11.9 Å². The first-order valence-electron chi connectivity index (χ1n) is 5.68. The molecule has 3 rings (SSSR count). The molecule has 0 fully saturated rings. The Kier molecular flexibility index (Phi) is 2.39. The fraction of sp³-hybridized carbons (Fsp3) is 0.0769. The van der Waals surface area contributed by atoms with Crippen LogP contribution in [0.1, 0.15) is 11.1 Å². The van der Waals surface area contributed by atoms with Gasteiger partial charge in [-0.2, -0.15) is 5.26 Å². The van der Waals surface area contributed by atoms with Crippen LogP contribution in [0.2, 0.25) is 0 Å². The number of hydrogen-bond donors (Lipinski definition) is 1. The standard InChI is InChI=1S/C13H10N6/c1-8-9(7-14)13(15)17-10-3-2-4-11(12(8)10)19-6-5-16-18-19/h2-6H,1H3,(H2,15,17). The fourth-order valence-corrected chi connectivity index (χ4v) is 2.18. The van der Waals surface area contributed by atoms with Gasteiger partial charge in [0.05, 0.1) is 29.2 Å². The lowest BCUT2D eigenvalue weighted by molar-refractivity contribution is 0.807. The first-order valence-corrected chi connectivity index (χ1v) is 5.68. The fourth-order valence-electron chi connectivity index (χ4n) is 2.18. The summed E-state index contributed by atoms with van der Waals surface area (Å²) >= 11 is 0. The number of aromatic nitrogens is 4. The van der Waals surface area contributed by atoms with Crippen LogP contribution in [-0.4, -0.2) is 20.0 Å². The van der Waals surface area contributed by atoms with E-state index in [0.717, 1.165) is 22.2 Å². The number of nitriles is 1. The normalized spacial score (nSPS) is 10.5. The zero-order valence-corrected chi connectivity index (χ0v) is 10.2. The maximum atomic E-state index is 9.18. The summed E-state index contributed by atoms with van der Waals surface area (Å²) in [5, 5.41) is 17.8. The summed E-state index contributed by atoms with van der Waals surface area (Å²) in [4.78, 5) is 4.27. The molecular weight excluding hydrogens is 240 g/mol. The Morgan fingerprint density at radius 1 is 1.37 bits per heavy atom. The van der Waals surface area contributed by atoms with Crippen molar-refractivity contribution in [1.82, 2.24) is 20.0 Å². The van der Waals surface area contributed by atoms with Crippen molar-refractivity contribution in [3.05, 3.63) is 41.7 Å². The van der Waals surface area contributed by atoms with E-state index in [-0.39, 0.29) is 5.82 Å². The van der Waals surface area contributed by atoms with E-state index in [1.807, 2.05) is 25.1 Å². The van der Waals surface area contributed by atoms with E-state index in [1.54, 1.807) is 17.1 Å². The van der Waals surface area contributed by atoms with Gasteiger partial charge in [-0.25, -0.2) is 9.67 Å². The molecule has 0 bridgehead atoms. The van der Waals surface area contributed by atoms with E-state index >= 15 is 0 Å². The Bertz CT molecular complexity index is 798. The molecule has 0 saturated carbocycles. The van der Waals surface area contributed by atoms with Gasteiger partial charge in [0.25, 0.3) is 0 Å². The summed E-state index contributed by atoms with van der Waals surface area (Å²) in [6, 6.07) is 7.73. The number of benzene rings is 1. The summed E-state index contributed by atoms with van der Waals surface area (Å²) < 4.78 is 1.65. The smallest absolute Gasteiger partial charge is 0.142 e. The number of hydrogen-bond acceptors (Lipinski definition) is 5. The Labute approximate surface area is 109 Å². The number of rotatable bonds is 1. The van der Waals surface area contributed by atoms with Crippen molar-refractivity contribution < 1.29 is 0 Å². The van der Waals surface area contributed by atoms with Crippen molar-refractivity contribution in [3.63, 3.8) is 0 Å². The largest absolute Gasteiger partial charge is 0.383 e. The van der Waals surface area contributed by atoms with E-state index in [0.29, 0.717) is 5.56 Å². The molecule has 2 N–H and O–H groups in total. The molecule has 0 aliphatic rings. The topological polar surface area (TPSA) is 93.4 Å². The Morgan fingerprint density at radius 3 is 2.89 bits per heavy atom. The predicted molar refractivity (Wildman–Crippen MR) is 70.5 cm³/mol. The summed E-state index contributed by atoms with van der Waals surface area (Å²) in [5.74, 6) is 0.253. The second-order valence-corrected chi connectivity index (χ2v) is 4.13. The highest BCUT2D eigenvalue weighted by atomic mass is 15.4. The number of nitrogen functional groups attached to an aromatic ring is 1. The maximum absolute atomic E-state index is 9.18. The first-order chi connectivity index (χ1) is 9.22. The molecule has 0 atom stereocenters. The molecule has 0 unspecified atom stereocenters. The number of nitrogens with two attached hydrogens (primary N) is 1. The van der Waals surface area contributed by atoms with Crippen molar-refractivity contribution in [2.75, 3.05) is 5.73 Å². The van der Waals surface area contributed by atoms with Gasteiger partial charge < -0.3 is 5.73 Å². The number of aryl methyl sites for hydroxylation is 1.